The van der Waals surface area contributed by atoms with Crippen LogP contribution in [-0.2, 0) is 0 Å². The van der Waals surface area contributed by atoms with Crippen LogP contribution in [0.1, 0.15) is 30.5 Å². The third-order valence-corrected chi connectivity index (χ3v) is 4.10. The average Bonchev–Trinajstić information content (AvgIpc) is 2.49. The van der Waals surface area contributed by atoms with E-state index in [4.69, 9.17) is 4.74 Å². The lowest BCUT2D eigenvalue weighted by Gasteiger charge is -2.21. The summed E-state index contributed by atoms with van der Waals surface area (Å²) in [4.78, 5) is 4.27. The Kier molecular flexibility index (Phi) is 5.79. The summed E-state index contributed by atoms with van der Waals surface area (Å²) in [6, 6.07) is 10.6. The van der Waals surface area contributed by atoms with E-state index < -0.39 is 0 Å². The first-order chi connectivity index (χ1) is 9.76. The summed E-state index contributed by atoms with van der Waals surface area (Å²) in [5, 5.41) is 3.59. The van der Waals surface area contributed by atoms with Crippen LogP contribution < -0.4 is 10.1 Å². The van der Waals surface area contributed by atoms with E-state index in [1.54, 1.807) is 13.3 Å². The standard InChI is InChI=1S/C16H19IN2O/c1-3-8-19-16(14-6-4-5-7-15(14)17)12-9-13(20-2)11-18-10-12/h4-7,9-11,16,19H,3,8H2,1-2H3. The van der Waals surface area contributed by atoms with Gasteiger partial charge in [0.2, 0.25) is 0 Å². The van der Waals surface area contributed by atoms with E-state index in [1.807, 2.05) is 12.3 Å². The fraction of sp³-hybridized carbons (Fsp3) is 0.312. The highest BCUT2D eigenvalue weighted by atomic mass is 127. The van der Waals surface area contributed by atoms with Crippen molar-refractivity contribution in [3.63, 3.8) is 0 Å². The number of benzene rings is 1. The number of pyridine rings is 1. The molecular formula is C16H19IN2O. The van der Waals surface area contributed by atoms with Crippen LogP contribution in [0.15, 0.2) is 42.7 Å². The van der Waals surface area contributed by atoms with Crippen molar-refractivity contribution in [1.29, 1.82) is 0 Å². The number of rotatable bonds is 6. The van der Waals surface area contributed by atoms with Crippen molar-refractivity contribution >= 4 is 22.6 Å². The molecule has 0 aliphatic rings. The second-order valence-corrected chi connectivity index (χ2v) is 5.73. The maximum Gasteiger partial charge on any atom is 0.137 e. The fourth-order valence-corrected chi connectivity index (χ4v) is 2.81. The lowest BCUT2D eigenvalue weighted by atomic mass is 10.00. The molecule has 2 rings (SSSR count). The Morgan fingerprint density at radius 1 is 1.30 bits per heavy atom. The predicted octanol–water partition coefficient (Wildman–Crippen LogP) is 3.78. The summed E-state index contributed by atoms with van der Waals surface area (Å²) < 4.78 is 6.53. The number of halogens is 1. The summed E-state index contributed by atoms with van der Waals surface area (Å²) >= 11 is 2.38. The van der Waals surface area contributed by atoms with Gasteiger partial charge in [0.05, 0.1) is 19.3 Å². The quantitative estimate of drug-likeness (QED) is 0.773. The molecule has 0 aliphatic carbocycles. The topological polar surface area (TPSA) is 34.2 Å². The molecular weight excluding hydrogens is 363 g/mol. The molecule has 0 aliphatic heterocycles. The van der Waals surface area contributed by atoms with E-state index in [0.717, 1.165) is 24.3 Å². The van der Waals surface area contributed by atoms with Crippen molar-refractivity contribution in [2.75, 3.05) is 13.7 Å². The van der Waals surface area contributed by atoms with E-state index in [2.05, 4.69) is 64.1 Å². The largest absolute Gasteiger partial charge is 0.495 e. The fourth-order valence-electron chi connectivity index (χ4n) is 2.11. The van der Waals surface area contributed by atoms with Gasteiger partial charge >= 0.3 is 0 Å². The minimum Gasteiger partial charge on any atom is -0.495 e. The summed E-state index contributed by atoms with van der Waals surface area (Å²) in [7, 11) is 1.67. The Bertz CT molecular complexity index is 560. The van der Waals surface area contributed by atoms with Crippen molar-refractivity contribution in [3.05, 3.63) is 57.4 Å². The number of nitrogens with zero attached hydrogens (tertiary/aromatic N) is 1. The molecule has 0 bridgehead atoms. The van der Waals surface area contributed by atoms with Gasteiger partial charge in [0.25, 0.3) is 0 Å². The highest BCUT2D eigenvalue weighted by Crippen LogP contribution is 2.27. The number of hydrogen-bond donors (Lipinski definition) is 1. The number of nitrogens with one attached hydrogen (secondary N) is 1. The monoisotopic (exact) mass is 382 g/mol. The summed E-state index contributed by atoms with van der Waals surface area (Å²) in [5.41, 5.74) is 2.40. The van der Waals surface area contributed by atoms with Crippen molar-refractivity contribution < 1.29 is 4.74 Å². The van der Waals surface area contributed by atoms with Crippen LogP contribution >= 0.6 is 22.6 Å². The molecule has 1 unspecified atom stereocenters. The van der Waals surface area contributed by atoms with Crippen LogP contribution in [0.5, 0.6) is 5.75 Å². The first-order valence-electron chi connectivity index (χ1n) is 6.73. The molecule has 3 nitrogen and oxygen atoms in total. The molecule has 0 saturated carbocycles. The zero-order valence-corrected chi connectivity index (χ0v) is 13.9. The van der Waals surface area contributed by atoms with Gasteiger partial charge in [0.1, 0.15) is 5.75 Å². The Balaban J connectivity index is 2.38. The SMILES string of the molecule is CCCNC(c1cncc(OC)c1)c1ccccc1I. The summed E-state index contributed by atoms with van der Waals surface area (Å²) in [6.07, 6.45) is 4.73. The van der Waals surface area contributed by atoms with Crippen LogP contribution in [0.25, 0.3) is 0 Å². The van der Waals surface area contributed by atoms with Crippen LogP contribution in [0.3, 0.4) is 0 Å². The second kappa shape index (κ2) is 7.59. The van der Waals surface area contributed by atoms with E-state index in [9.17, 15) is 0 Å². The van der Waals surface area contributed by atoms with Gasteiger partial charge in [-0.1, -0.05) is 25.1 Å². The predicted molar refractivity (Wildman–Crippen MR) is 90.1 cm³/mol. The molecule has 0 saturated heterocycles. The van der Waals surface area contributed by atoms with Gasteiger partial charge in [-0.15, -0.1) is 0 Å². The zero-order chi connectivity index (χ0) is 14.4. The minimum atomic E-state index is 0.144. The molecule has 20 heavy (non-hydrogen) atoms. The van der Waals surface area contributed by atoms with Crippen molar-refractivity contribution in [3.8, 4) is 5.75 Å². The zero-order valence-electron chi connectivity index (χ0n) is 11.8. The molecule has 2 aromatic rings. The van der Waals surface area contributed by atoms with Crippen LogP contribution in [-0.4, -0.2) is 18.6 Å². The van der Waals surface area contributed by atoms with E-state index in [0.29, 0.717) is 0 Å². The summed E-state index contributed by atoms with van der Waals surface area (Å²) in [5.74, 6) is 0.789. The maximum atomic E-state index is 5.28. The smallest absolute Gasteiger partial charge is 0.137 e. The summed E-state index contributed by atoms with van der Waals surface area (Å²) in [6.45, 7) is 3.14. The van der Waals surface area contributed by atoms with Gasteiger partial charge in [0, 0.05) is 9.77 Å². The minimum absolute atomic E-state index is 0.144. The van der Waals surface area contributed by atoms with Gasteiger partial charge < -0.3 is 10.1 Å². The molecule has 4 heteroatoms. The van der Waals surface area contributed by atoms with Crippen molar-refractivity contribution in [1.82, 2.24) is 10.3 Å². The van der Waals surface area contributed by atoms with Gasteiger partial charge in [-0.25, -0.2) is 0 Å². The Morgan fingerprint density at radius 2 is 2.10 bits per heavy atom. The van der Waals surface area contributed by atoms with E-state index in [1.165, 1.54) is 9.13 Å². The lowest BCUT2D eigenvalue weighted by molar-refractivity contribution is 0.411. The van der Waals surface area contributed by atoms with Gasteiger partial charge in [-0.05, 0) is 58.8 Å². The Labute approximate surface area is 133 Å². The van der Waals surface area contributed by atoms with Crippen LogP contribution in [0.2, 0.25) is 0 Å². The molecule has 1 atom stereocenters. The van der Waals surface area contributed by atoms with E-state index >= 15 is 0 Å². The van der Waals surface area contributed by atoms with Crippen molar-refractivity contribution in [2.24, 2.45) is 0 Å². The number of hydrogen-bond acceptors (Lipinski definition) is 3. The molecule has 1 heterocycles. The Hall–Kier alpha value is -1.14. The molecule has 106 valence electrons. The molecule has 0 fully saturated rings. The molecule has 0 spiro atoms. The first-order valence-corrected chi connectivity index (χ1v) is 7.81. The Morgan fingerprint density at radius 3 is 2.80 bits per heavy atom. The maximum absolute atomic E-state index is 5.28. The van der Waals surface area contributed by atoms with E-state index in [-0.39, 0.29) is 6.04 Å². The van der Waals surface area contributed by atoms with Crippen LogP contribution in [0, 0.1) is 3.57 Å². The molecule has 1 aromatic heterocycles. The number of aromatic nitrogens is 1. The third kappa shape index (κ3) is 3.70. The first kappa shape index (κ1) is 15.3. The highest BCUT2D eigenvalue weighted by Gasteiger charge is 2.16. The number of ether oxygens (including phenoxy) is 1. The normalized spacial score (nSPS) is 12.2. The molecule has 0 radical (unpaired) electrons. The lowest BCUT2D eigenvalue weighted by Crippen LogP contribution is -2.24. The average molecular weight is 382 g/mol. The van der Waals surface area contributed by atoms with Gasteiger partial charge in [-0.3, -0.25) is 4.98 Å². The van der Waals surface area contributed by atoms with Gasteiger partial charge in [0.15, 0.2) is 0 Å². The van der Waals surface area contributed by atoms with Gasteiger partial charge in [-0.2, -0.15) is 0 Å². The number of methoxy groups -OCH3 is 1. The molecule has 0 amide bonds. The third-order valence-electron chi connectivity index (χ3n) is 3.12. The highest BCUT2D eigenvalue weighted by molar-refractivity contribution is 14.1. The van der Waals surface area contributed by atoms with Crippen molar-refractivity contribution in [2.45, 2.75) is 19.4 Å². The van der Waals surface area contributed by atoms with Crippen LogP contribution in [0.4, 0.5) is 0 Å². The second-order valence-electron chi connectivity index (χ2n) is 4.57. The molecule has 1 N–H and O–H groups in total. The molecule has 1 aromatic carbocycles.